The molecule has 0 bridgehead atoms. The summed E-state index contributed by atoms with van der Waals surface area (Å²) in [6, 6.07) is 6.70. The summed E-state index contributed by atoms with van der Waals surface area (Å²) in [6.45, 7) is 10.0. The van der Waals surface area contributed by atoms with Gasteiger partial charge in [-0.1, -0.05) is 38.4 Å². The minimum Gasteiger partial charge on any atom is -0.383 e. The van der Waals surface area contributed by atoms with E-state index < -0.39 is 0 Å². The highest BCUT2D eigenvalue weighted by molar-refractivity contribution is 6.30. The van der Waals surface area contributed by atoms with Crippen LogP contribution in [0.15, 0.2) is 18.2 Å². The lowest BCUT2D eigenvalue weighted by Crippen LogP contribution is -2.38. The van der Waals surface area contributed by atoms with Crippen molar-refractivity contribution >= 4 is 17.3 Å². The van der Waals surface area contributed by atoms with E-state index in [4.69, 9.17) is 16.3 Å². The van der Waals surface area contributed by atoms with Gasteiger partial charge >= 0.3 is 0 Å². The summed E-state index contributed by atoms with van der Waals surface area (Å²) in [5.41, 5.74) is 2.53. The zero-order chi connectivity index (χ0) is 15.7. The van der Waals surface area contributed by atoms with E-state index in [1.165, 1.54) is 11.3 Å². The van der Waals surface area contributed by atoms with Crippen molar-refractivity contribution in [2.75, 3.05) is 31.7 Å². The minimum atomic E-state index is 0.513. The SMILES string of the molecule is CCNCc1ccc(Cl)cc1N(CCOC)C(CC)CC. The molecule has 1 aromatic rings. The van der Waals surface area contributed by atoms with Crippen LogP contribution in [0.1, 0.15) is 39.2 Å². The van der Waals surface area contributed by atoms with Crippen LogP contribution in [0.4, 0.5) is 5.69 Å². The minimum absolute atomic E-state index is 0.513. The first-order chi connectivity index (χ1) is 10.2. The molecule has 0 aliphatic rings. The maximum atomic E-state index is 6.24. The number of anilines is 1. The number of benzene rings is 1. The molecule has 1 N–H and O–H groups in total. The number of rotatable bonds is 10. The lowest BCUT2D eigenvalue weighted by atomic mass is 10.1. The molecule has 0 spiro atoms. The van der Waals surface area contributed by atoms with Gasteiger partial charge < -0.3 is 15.0 Å². The van der Waals surface area contributed by atoms with E-state index in [-0.39, 0.29) is 0 Å². The average molecular weight is 313 g/mol. The zero-order valence-corrected chi connectivity index (χ0v) is 14.5. The molecule has 120 valence electrons. The van der Waals surface area contributed by atoms with Crippen LogP contribution in [0.5, 0.6) is 0 Å². The van der Waals surface area contributed by atoms with Crippen molar-refractivity contribution in [3.05, 3.63) is 28.8 Å². The Hall–Kier alpha value is -0.770. The maximum absolute atomic E-state index is 6.24. The Balaban J connectivity index is 3.10. The van der Waals surface area contributed by atoms with E-state index in [0.29, 0.717) is 6.04 Å². The molecule has 4 heteroatoms. The van der Waals surface area contributed by atoms with E-state index in [1.807, 2.05) is 6.07 Å². The van der Waals surface area contributed by atoms with E-state index in [9.17, 15) is 0 Å². The van der Waals surface area contributed by atoms with Gasteiger partial charge in [0.05, 0.1) is 6.61 Å². The third-order valence-corrected chi connectivity index (χ3v) is 4.08. The molecule has 0 aromatic heterocycles. The summed E-state index contributed by atoms with van der Waals surface area (Å²) < 4.78 is 5.29. The van der Waals surface area contributed by atoms with Gasteiger partial charge in [0.2, 0.25) is 0 Å². The van der Waals surface area contributed by atoms with Crippen LogP contribution in [-0.4, -0.2) is 32.8 Å². The maximum Gasteiger partial charge on any atom is 0.0637 e. The molecular formula is C17H29ClN2O. The molecule has 3 nitrogen and oxygen atoms in total. The lowest BCUT2D eigenvalue weighted by Gasteiger charge is -2.34. The molecule has 0 heterocycles. The van der Waals surface area contributed by atoms with Crippen molar-refractivity contribution in [3.8, 4) is 0 Å². The van der Waals surface area contributed by atoms with Crippen molar-refractivity contribution < 1.29 is 4.74 Å². The van der Waals surface area contributed by atoms with Gasteiger partial charge in [-0.05, 0) is 37.1 Å². The van der Waals surface area contributed by atoms with Gasteiger partial charge in [0.1, 0.15) is 0 Å². The van der Waals surface area contributed by atoms with Crippen molar-refractivity contribution in [1.82, 2.24) is 5.32 Å². The van der Waals surface area contributed by atoms with Crippen molar-refractivity contribution in [2.24, 2.45) is 0 Å². The van der Waals surface area contributed by atoms with Gasteiger partial charge in [-0.15, -0.1) is 0 Å². The van der Waals surface area contributed by atoms with Gasteiger partial charge in [-0.25, -0.2) is 0 Å². The van der Waals surface area contributed by atoms with E-state index in [1.54, 1.807) is 7.11 Å². The van der Waals surface area contributed by atoms with Crippen molar-refractivity contribution in [2.45, 2.75) is 46.2 Å². The van der Waals surface area contributed by atoms with Crippen LogP contribution >= 0.6 is 11.6 Å². The quantitative estimate of drug-likeness (QED) is 0.704. The standard InChI is InChI=1S/C17H29ClN2O/c1-5-16(6-2)20(10-11-21-4)17-12-15(18)9-8-14(17)13-19-7-3/h8-9,12,16,19H,5-7,10-11,13H2,1-4H3. The van der Waals surface area contributed by atoms with Gasteiger partial charge in [0.15, 0.2) is 0 Å². The van der Waals surface area contributed by atoms with Crippen LogP contribution in [-0.2, 0) is 11.3 Å². The number of hydrogen-bond donors (Lipinski definition) is 1. The largest absolute Gasteiger partial charge is 0.383 e. The molecule has 0 radical (unpaired) electrons. The molecule has 0 atom stereocenters. The molecule has 21 heavy (non-hydrogen) atoms. The molecule has 1 rings (SSSR count). The highest BCUT2D eigenvalue weighted by Gasteiger charge is 2.18. The predicted octanol–water partition coefficient (Wildman–Crippen LogP) is 4.09. The van der Waals surface area contributed by atoms with Gasteiger partial charge in [-0.3, -0.25) is 0 Å². The highest BCUT2D eigenvalue weighted by atomic mass is 35.5. The second-order valence-corrected chi connectivity index (χ2v) is 5.65. The van der Waals surface area contributed by atoms with Gasteiger partial charge in [0.25, 0.3) is 0 Å². The monoisotopic (exact) mass is 312 g/mol. The molecular weight excluding hydrogens is 284 g/mol. The summed E-state index contributed by atoms with van der Waals surface area (Å²) in [5.74, 6) is 0. The number of nitrogens with one attached hydrogen (secondary N) is 1. The number of nitrogens with zero attached hydrogens (tertiary/aromatic N) is 1. The predicted molar refractivity (Wildman–Crippen MR) is 92.4 cm³/mol. The zero-order valence-electron chi connectivity index (χ0n) is 13.8. The molecule has 0 saturated carbocycles. The number of ether oxygens (including phenoxy) is 1. The molecule has 0 saturated heterocycles. The third-order valence-electron chi connectivity index (χ3n) is 3.84. The normalized spacial score (nSPS) is 11.1. The van der Waals surface area contributed by atoms with Gasteiger partial charge in [-0.2, -0.15) is 0 Å². The number of methoxy groups -OCH3 is 1. The van der Waals surface area contributed by atoms with Crippen LogP contribution in [0.3, 0.4) is 0 Å². The first-order valence-electron chi connectivity index (χ1n) is 7.92. The van der Waals surface area contributed by atoms with Crippen molar-refractivity contribution in [3.63, 3.8) is 0 Å². The smallest absolute Gasteiger partial charge is 0.0637 e. The number of hydrogen-bond acceptors (Lipinski definition) is 3. The second-order valence-electron chi connectivity index (χ2n) is 5.21. The number of halogens is 1. The molecule has 0 unspecified atom stereocenters. The Morgan fingerprint density at radius 2 is 1.95 bits per heavy atom. The summed E-state index contributed by atoms with van der Waals surface area (Å²) in [4.78, 5) is 2.45. The Bertz CT molecular complexity index is 408. The Kier molecular flexibility index (Phi) is 8.74. The van der Waals surface area contributed by atoms with E-state index in [0.717, 1.165) is 44.1 Å². The van der Waals surface area contributed by atoms with Crippen LogP contribution in [0.2, 0.25) is 5.02 Å². The Morgan fingerprint density at radius 3 is 2.52 bits per heavy atom. The average Bonchev–Trinajstić information content (AvgIpc) is 2.50. The molecule has 0 aliphatic carbocycles. The first kappa shape index (κ1) is 18.3. The summed E-state index contributed by atoms with van der Waals surface area (Å²) >= 11 is 6.24. The Labute approximate surface area is 134 Å². The van der Waals surface area contributed by atoms with Crippen LogP contribution < -0.4 is 10.2 Å². The summed E-state index contributed by atoms with van der Waals surface area (Å²) in [7, 11) is 1.75. The molecule has 0 amide bonds. The topological polar surface area (TPSA) is 24.5 Å². The Morgan fingerprint density at radius 1 is 1.24 bits per heavy atom. The summed E-state index contributed by atoms with van der Waals surface area (Å²) in [5, 5.41) is 4.20. The highest BCUT2D eigenvalue weighted by Crippen LogP contribution is 2.28. The van der Waals surface area contributed by atoms with E-state index in [2.05, 4.69) is 43.1 Å². The fourth-order valence-corrected chi connectivity index (χ4v) is 2.80. The van der Waals surface area contributed by atoms with Crippen LogP contribution in [0, 0.1) is 0 Å². The molecule has 0 aliphatic heterocycles. The van der Waals surface area contributed by atoms with Crippen LogP contribution in [0.25, 0.3) is 0 Å². The fraction of sp³-hybridized carbons (Fsp3) is 0.647. The third kappa shape index (κ3) is 5.50. The summed E-state index contributed by atoms with van der Waals surface area (Å²) in [6.07, 6.45) is 2.24. The first-order valence-corrected chi connectivity index (χ1v) is 8.30. The fourth-order valence-electron chi connectivity index (χ4n) is 2.63. The lowest BCUT2D eigenvalue weighted by molar-refractivity contribution is 0.202. The van der Waals surface area contributed by atoms with Gasteiger partial charge in [0, 0.05) is 37.0 Å². The molecule has 0 fully saturated rings. The molecule has 1 aromatic carbocycles. The van der Waals surface area contributed by atoms with E-state index >= 15 is 0 Å². The second kappa shape index (κ2) is 10.0. The van der Waals surface area contributed by atoms with Crippen molar-refractivity contribution in [1.29, 1.82) is 0 Å².